The first-order valence-electron chi connectivity index (χ1n) is 5.83. The Kier molecular flexibility index (Phi) is 3.42. The number of nitrogens with one attached hydrogen (secondary N) is 1. The summed E-state index contributed by atoms with van der Waals surface area (Å²) in [5, 5.41) is 5.31. The number of carbonyl (C=O) groups is 2. The van der Waals surface area contributed by atoms with Crippen LogP contribution in [0, 0.1) is 0 Å². The Morgan fingerprint density at radius 3 is 3.10 bits per heavy atom. The minimum Gasteiger partial charge on any atom is -0.448 e. The number of hydrogen-bond donors (Lipinski definition) is 1. The van der Waals surface area contributed by atoms with Crippen molar-refractivity contribution in [3.8, 4) is 0 Å². The lowest BCUT2D eigenvalue weighted by molar-refractivity contribution is -0.125. The van der Waals surface area contributed by atoms with Crippen LogP contribution in [0.1, 0.15) is 15.9 Å². The second kappa shape index (κ2) is 5.22. The molecule has 7 heteroatoms. The first-order chi connectivity index (χ1) is 9.63. The van der Waals surface area contributed by atoms with Gasteiger partial charge in [0.25, 0.3) is 5.91 Å². The smallest absolute Gasteiger partial charge is 0.339 e. The zero-order valence-electron chi connectivity index (χ0n) is 10.1. The maximum absolute atomic E-state index is 12.0. The summed E-state index contributed by atoms with van der Waals surface area (Å²) in [5.41, 5.74) is 1.17. The van der Waals surface area contributed by atoms with Crippen molar-refractivity contribution >= 4 is 39.9 Å². The van der Waals surface area contributed by atoms with Gasteiger partial charge in [0, 0.05) is 23.0 Å². The topological polar surface area (TPSA) is 68.3 Å². The SMILES string of the molecule is O=C1OC(C(=O)Nc2nccs2)Cc2ccc(Cl)cc21. The van der Waals surface area contributed by atoms with Gasteiger partial charge in [-0.15, -0.1) is 11.3 Å². The van der Waals surface area contributed by atoms with Crippen LogP contribution in [0.4, 0.5) is 5.13 Å². The van der Waals surface area contributed by atoms with Crippen molar-refractivity contribution in [2.45, 2.75) is 12.5 Å². The summed E-state index contributed by atoms with van der Waals surface area (Å²) in [6.45, 7) is 0. The van der Waals surface area contributed by atoms with Gasteiger partial charge in [-0.1, -0.05) is 17.7 Å². The number of aromatic nitrogens is 1. The Labute approximate surface area is 123 Å². The van der Waals surface area contributed by atoms with Crippen molar-refractivity contribution in [3.05, 3.63) is 45.9 Å². The van der Waals surface area contributed by atoms with Crippen LogP contribution in [-0.2, 0) is 16.0 Å². The zero-order valence-corrected chi connectivity index (χ0v) is 11.7. The number of fused-ring (bicyclic) bond motifs is 1. The van der Waals surface area contributed by atoms with Crippen LogP contribution in [0.25, 0.3) is 0 Å². The van der Waals surface area contributed by atoms with E-state index >= 15 is 0 Å². The lowest BCUT2D eigenvalue weighted by Crippen LogP contribution is -2.37. The van der Waals surface area contributed by atoms with Gasteiger partial charge >= 0.3 is 5.97 Å². The molecule has 2 aromatic rings. The van der Waals surface area contributed by atoms with Gasteiger partial charge in [0.2, 0.25) is 0 Å². The van der Waals surface area contributed by atoms with Crippen molar-refractivity contribution in [1.82, 2.24) is 4.98 Å². The molecule has 1 unspecified atom stereocenters. The van der Waals surface area contributed by atoms with Gasteiger partial charge in [0.05, 0.1) is 5.56 Å². The van der Waals surface area contributed by atoms with Gasteiger partial charge in [-0.25, -0.2) is 9.78 Å². The molecule has 0 aliphatic carbocycles. The summed E-state index contributed by atoms with van der Waals surface area (Å²) in [7, 11) is 0. The van der Waals surface area contributed by atoms with Crippen LogP contribution in [0.2, 0.25) is 5.02 Å². The molecule has 1 aliphatic heterocycles. The number of esters is 1. The molecule has 1 aromatic carbocycles. The van der Waals surface area contributed by atoms with Crippen molar-refractivity contribution in [2.24, 2.45) is 0 Å². The van der Waals surface area contributed by atoms with E-state index in [0.29, 0.717) is 22.1 Å². The summed E-state index contributed by atoms with van der Waals surface area (Å²) in [6.07, 6.45) is 1.07. The second-order valence-electron chi connectivity index (χ2n) is 4.23. The third-order valence-corrected chi connectivity index (χ3v) is 3.82. The number of anilines is 1. The minimum atomic E-state index is -0.847. The first kappa shape index (κ1) is 13.1. The molecule has 0 fully saturated rings. The molecule has 0 radical (unpaired) electrons. The quantitative estimate of drug-likeness (QED) is 0.866. The molecule has 1 N–H and O–H groups in total. The fraction of sp³-hybridized carbons (Fsp3) is 0.154. The van der Waals surface area contributed by atoms with E-state index in [1.165, 1.54) is 11.3 Å². The highest BCUT2D eigenvalue weighted by Crippen LogP contribution is 2.24. The van der Waals surface area contributed by atoms with Crippen molar-refractivity contribution < 1.29 is 14.3 Å². The number of rotatable bonds is 2. The number of cyclic esters (lactones) is 1. The summed E-state index contributed by atoms with van der Waals surface area (Å²) >= 11 is 7.14. The molecule has 2 heterocycles. The summed E-state index contributed by atoms with van der Waals surface area (Å²) in [5.74, 6) is -0.915. The minimum absolute atomic E-state index is 0.329. The van der Waals surface area contributed by atoms with Gasteiger partial charge in [0.1, 0.15) is 0 Å². The van der Waals surface area contributed by atoms with Gasteiger partial charge in [-0.05, 0) is 17.7 Å². The predicted molar refractivity (Wildman–Crippen MR) is 75.1 cm³/mol. The van der Waals surface area contributed by atoms with Gasteiger partial charge < -0.3 is 4.74 Å². The fourth-order valence-electron chi connectivity index (χ4n) is 1.97. The molecule has 5 nitrogen and oxygen atoms in total. The molecule has 0 spiro atoms. The molecule has 102 valence electrons. The zero-order chi connectivity index (χ0) is 14.1. The molecule has 3 rings (SSSR count). The first-order valence-corrected chi connectivity index (χ1v) is 7.09. The van der Waals surface area contributed by atoms with Crippen LogP contribution in [-0.4, -0.2) is 23.0 Å². The van der Waals surface area contributed by atoms with Gasteiger partial charge in [-0.2, -0.15) is 0 Å². The van der Waals surface area contributed by atoms with Crippen LogP contribution >= 0.6 is 22.9 Å². The monoisotopic (exact) mass is 308 g/mol. The second-order valence-corrected chi connectivity index (χ2v) is 5.56. The third-order valence-electron chi connectivity index (χ3n) is 2.90. The van der Waals surface area contributed by atoms with E-state index < -0.39 is 12.1 Å². The van der Waals surface area contributed by atoms with Crippen LogP contribution in [0.5, 0.6) is 0 Å². The third kappa shape index (κ3) is 2.52. The largest absolute Gasteiger partial charge is 0.448 e. The highest BCUT2D eigenvalue weighted by molar-refractivity contribution is 7.13. The molecule has 1 aromatic heterocycles. The number of benzene rings is 1. The number of carbonyl (C=O) groups excluding carboxylic acids is 2. The van der Waals surface area contributed by atoms with E-state index in [0.717, 1.165) is 5.56 Å². The van der Waals surface area contributed by atoms with Crippen molar-refractivity contribution in [3.63, 3.8) is 0 Å². The lowest BCUT2D eigenvalue weighted by Gasteiger charge is -2.23. The van der Waals surface area contributed by atoms with Crippen molar-refractivity contribution in [2.75, 3.05) is 5.32 Å². The van der Waals surface area contributed by atoms with Crippen molar-refractivity contribution in [1.29, 1.82) is 0 Å². The van der Waals surface area contributed by atoms with Gasteiger partial charge in [0.15, 0.2) is 11.2 Å². The van der Waals surface area contributed by atoms with E-state index in [4.69, 9.17) is 16.3 Å². The molecule has 1 aliphatic rings. The molecule has 1 amide bonds. The number of nitrogens with zero attached hydrogens (tertiary/aromatic N) is 1. The Balaban J connectivity index is 1.79. The van der Waals surface area contributed by atoms with Crippen LogP contribution in [0.3, 0.4) is 0 Å². The normalized spacial score (nSPS) is 17.2. The van der Waals surface area contributed by atoms with Gasteiger partial charge in [-0.3, -0.25) is 10.1 Å². The molecule has 0 saturated heterocycles. The maximum atomic E-state index is 12.0. The predicted octanol–water partition coefficient (Wildman–Crippen LogP) is 2.52. The summed E-state index contributed by atoms with van der Waals surface area (Å²) < 4.78 is 5.15. The molecular weight excluding hydrogens is 300 g/mol. The fourth-order valence-corrected chi connectivity index (χ4v) is 2.67. The number of amides is 1. The number of hydrogen-bond acceptors (Lipinski definition) is 5. The Bertz CT molecular complexity index is 672. The molecular formula is C13H9ClN2O3S. The average molecular weight is 309 g/mol. The number of thiazole rings is 1. The van der Waals surface area contributed by atoms with E-state index in [1.54, 1.807) is 29.8 Å². The molecule has 20 heavy (non-hydrogen) atoms. The average Bonchev–Trinajstić information content (AvgIpc) is 2.92. The number of halogens is 1. The molecule has 0 saturated carbocycles. The highest BCUT2D eigenvalue weighted by Gasteiger charge is 2.31. The van der Waals surface area contributed by atoms with E-state index in [9.17, 15) is 9.59 Å². The van der Waals surface area contributed by atoms with E-state index in [-0.39, 0.29) is 5.91 Å². The Morgan fingerprint density at radius 2 is 2.35 bits per heavy atom. The Hall–Kier alpha value is -1.92. The standard InChI is InChI=1S/C13H9ClN2O3S/c14-8-2-1-7-5-10(19-12(18)9(7)6-8)11(17)16-13-15-3-4-20-13/h1-4,6,10H,5H2,(H,15,16,17). The maximum Gasteiger partial charge on any atom is 0.339 e. The summed E-state index contributed by atoms with van der Waals surface area (Å²) in [4.78, 5) is 27.9. The highest BCUT2D eigenvalue weighted by atomic mass is 35.5. The van der Waals surface area contributed by atoms with E-state index in [1.807, 2.05) is 0 Å². The molecule has 1 atom stereocenters. The Morgan fingerprint density at radius 1 is 1.50 bits per heavy atom. The molecule has 0 bridgehead atoms. The number of ether oxygens (including phenoxy) is 1. The van der Waals surface area contributed by atoms with Crippen LogP contribution in [0.15, 0.2) is 29.8 Å². The van der Waals surface area contributed by atoms with Crippen LogP contribution < -0.4 is 5.32 Å². The van der Waals surface area contributed by atoms with E-state index in [2.05, 4.69) is 10.3 Å². The summed E-state index contributed by atoms with van der Waals surface area (Å²) in [6, 6.07) is 4.98. The lowest BCUT2D eigenvalue weighted by atomic mass is 9.98.